The lowest BCUT2D eigenvalue weighted by atomic mass is 9.87. The van der Waals surface area contributed by atoms with Gasteiger partial charge < -0.3 is 0 Å². The van der Waals surface area contributed by atoms with Crippen molar-refractivity contribution < 1.29 is 0 Å². The number of hydrogen-bond donors (Lipinski definition) is 0. The molecule has 0 nitrogen and oxygen atoms in total. The van der Waals surface area contributed by atoms with Gasteiger partial charge in [-0.05, 0) is 30.1 Å². The highest BCUT2D eigenvalue weighted by molar-refractivity contribution is 4.62. The Morgan fingerprint density at radius 2 is 1.31 bits per heavy atom. The van der Waals surface area contributed by atoms with Gasteiger partial charge in [-0.2, -0.15) is 0 Å². The predicted octanol–water partition coefficient (Wildman–Crippen LogP) is 4.74. The first kappa shape index (κ1) is 13.0. The van der Waals surface area contributed by atoms with Crippen molar-refractivity contribution in [3.8, 4) is 0 Å². The second kappa shape index (κ2) is 6.45. The molecule has 0 radical (unpaired) electrons. The molecule has 0 heterocycles. The fraction of sp³-hybridized carbons (Fsp3) is 1.00. The molecule has 0 aromatic carbocycles. The molecule has 0 bridgehead atoms. The van der Waals surface area contributed by atoms with E-state index in [1.807, 2.05) is 0 Å². The van der Waals surface area contributed by atoms with Gasteiger partial charge in [-0.1, -0.05) is 54.4 Å². The smallest absolute Gasteiger partial charge is 0.0420 e. The molecular formula is C13H28. The van der Waals surface area contributed by atoms with Crippen LogP contribution in [-0.4, -0.2) is 0 Å². The van der Waals surface area contributed by atoms with E-state index in [1.165, 1.54) is 19.3 Å². The maximum atomic E-state index is 2.40. The lowest BCUT2D eigenvalue weighted by Crippen LogP contribution is -2.07. The largest absolute Gasteiger partial charge is 0.0628 e. The summed E-state index contributed by atoms with van der Waals surface area (Å²) in [5, 5.41) is 0. The van der Waals surface area contributed by atoms with Crippen LogP contribution in [0, 0.1) is 23.7 Å². The molecule has 0 amide bonds. The third-order valence-corrected chi connectivity index (χ3v) is 3.13. The lowest BCUT2D eigenvalue weighted by Gasteiger charge is -2.19. The van der Waals surface area contributed by atoms with E-state index in [-0.39, 0.29) is 0 Å². The molecular weight excluding hydrogens is 156 g/mol. The Morgan fingerprint density at radius 3 is 1.69 bits per heavy atom. The molecule has 2 atom stereocenters. The van der Waals surface area contributed by atoms with E-state index in [0.29, 0.717) is 0 Å². The zero-order chi connectivity index (χ0) is 10.4. The first-order chi connectivity index (χ1) is 5.93. The minimum Gasteiger partial charge on any atom is -0.0628 e. The van der Waals surface area contributed by atoms with Crippen molar-refractivity contribution in [3.05, 3.63) is 0 Å². The number of rotatable bonds is 6. The molecule has 13 heavy (non-hydrogen) atoms. The predicted molar refractivity (Wildman–Crippen MR) is 61.9 cm³/mol. The maximum absolute atomic E-state index is 2.40. The molecule has 2 unspecified atom stereocenters. The van der Waals surface area contributed by atoms with Crippen molar-refractivity contribution in [2.24, 2.45) is 23.7 Å². The number of hydrogen-bond acceptors (Lipinski definition) is 0. The highest BCUT2D eigenvalue weighted by Crippen LogP contribution is 2.22. The van der Waals surface area contributed by atoms with E-state index in [4.69, 9.17) is 0 Å². The van der Waals surface area contributed by atoms with Crippen LogP contribution in [0.5, 0.6) is 0 Å². The van der Waals surface area contributed by atoms with Crippen LogP contribution >= 0.6 is 0 Å². The van der Waals surface area contributed by atoms with Gasteiger partial charge in [0.25, 0.3) is 0 Å². The molecule has 0 aromatic heterocycles. The van der Waals surface area contributed by atoms with Gasteiger partial charge in [-0.3, -0.25) is 0 Å². The van der Waals surface area contributed by atoms with Crippen LogP contribution in [0.25, 0.3) is 0 Å². The summed E-state index contributed by atoms with van der Waals surface area (Å²) in [6.45, 7) is 14.1. The van der Waals surface area contributed by atoms with Gasteiger partial charge in [0.15, 0.2) is 0 Å². The Labute approximate surface area is 85.1 Å². The Kier molecular flexibility index (Phi) is 6.45. The molecule has 80 valence electrons. The molecule has 0 rings (SSSR count). The molecule has 0 saturated carbocycles. The van der Waals surface area contributed by atoms with Crippen molar-refractivity contribution in [1.29, 1.82) is 0 Å². The van der Waals surface area contributed by atoms with Gasteiger partial charge >= 0.3 is 0 Å². The van der Waals surface area contributed by atoms with Gasteiger partial charge in [0, 0.05) is 0 Å². The average Bonchev–Trinajstić information content (AvgIpc) is 1.98. The van der Waals surface area contributed by atoms with Crippen molar-refractivity contribution in [2.45, 2.75) is 60.8 Å². The van der Waals surface area contributed by atoms with Gasteiger partial charge in [0.1, 0.15) is 0 Å². The summed E-state index contributed by atoms with van der Waals surface area (Å²) in [7, 11) is 0. The van der Waals surface area contributed by atoms with Crippen LogP contribution in [0.3, 0.4) is 0 Å². The Bertz CT molecular complexity index is 113. The van der Waals surface area contributed by atoms with Crippen LogP contribution in [0.15, 0.2) is 0 Å². The Morgan fingerprint density at radius 1 is 0.769 bits per heavy atom. The first-order valence-corrected chi connectivity index (χ1v) is 5.93. The van der Waals surface area contributed by atoms with Gasteiger partial charge in [0.2, 0.25) is 0 Å². The molecule has 0 aliphatic heterocycles. The molecule has 0 fully saturated rings. The Balaban J connectivity index is 3.51. The SMILES string of the molecule is CC(C)CC(C)CCC(C)C(C)C. The van der Waals surface area contributed by atoms with Crippen molar-refractivity contribution in [3.63, 3.8) is 0 Å². The molecule has 0 aromatic rings. The Hall–Kier alpha value is 0. The van der Waals surface area contributed by atoms with E-state index in [2.05, 4.69) is 41.5 Å². The minimum absolute atomic E-state index is 0.853. The van der Waals surface area contributed by atoms with E-state index >= 15 is 0 Å². The molecule has 0 saturated heterocycles. The highest BCUT2D eigenvalue weighted by Gasteiger charge is 2.10. The summed E-state index contributed by atoms with van der Waals surface area (Å²) in [6.07, 6.45) is 4.22. The molecule has 0 heteroatoms. The molecule has 0 aliphatic carbocycles. The van der Waals surface area contributed by atoms with Crippen molar-refractivity contribution in [1.82, 2.24) is 0 Å². The minimum atomic E-state index is 0.853. The molecule has 0 aliphatic rings. The topological polar surface area (TPSA) is 0 Å². The third-order valence-electron chi connectivity index (χ3n) is 3.13. The van der Waals surface area contributed by atoms with E-state index in [9.17, 15) is 0 Å². The van der Waals surface area contributed by atoms with Crippen LogP contribution < -0.4 is 0 Å². The van der Waals surface area contributed by atoms with E-state index < -0.39 is 0 Å². The monoisotopic (exact) mass is 184 g/mol. The average molecular weight is 184 g/mol. The zero-order valence-electron chi connectivity index (χ0n) is 10.4. The van der Waals surface area contributed by atoms with Gasteiger partial charge in [-0.15, -0.1) is 0 Å². The van der Waals surface area contributed by atoms with Crippen LogP contribution in [0.4, 0.5) is 0 Å². The fourth-order valence-electron chi connectivity index (χ4n) is 1.80. The van der Waals surface area contributed by atoms with Crippen LogP contribution in [0.2, 0.25) is 0 Å². The van der Waals surface area contributed by atoms with Gasteiger partial charge in [-0.25, -0.2) is 0 Å². The van der Waals surface area contributed by atoms with Crippen LogP contribution in [0.1, 0.15) is 60.8 Å². The highest BCUT2D eigenvalue weighted by atomic mass is 14.2. The second-order valence-electron chi connectivity index (χ2n) is 5.53. The fourth-order valence-corrected chi connectivity index (χ4v) is 1.80. The first-order valence-electron chi connectivity index (χ1n) is 5.93. The zero-order valence-corrected chi connectivity index (χ0v) is 10.4. The summed E-state index contributed by atoms with van der Waals surface area (Å²) in [4.78, 5) is 0. The molecule has 0 spiro atoms. The van der Waals surface area contributed by atoms with Gasteiger partial charge in [0.05, 0.1) is 0 Å². The summed E-state index contributed by atoms with van der Waals surface area (Å²) >= 11 is 0. The summed E-state index contributed by atoms with van der Waals surface area (Å²) in [6, 6.07) is 0. The summed E-state index contributed by atoms with van der Waals surface area (Å²) in [5.74, 6) is 3.53. The quantitative estimate of drug-likeness (QED) is 0.559. The third kappa shape index (κ3) is 7.10. The normalized spacial score (nSPS) is 16.6. The van der Waals surface area contributed by atoms with Crippen molar-refractivity contribution >= 4 is 0 Å². The maximum Gasteiger partial charge on any atom is -0.0420 e. The standard InChI is InChI=1S/C13H28/c1-10(2)9-12(5)7-8-13(6)11(3)4/h10-13H,7-9H2,1-6H3. The molecule has 0 N–H and O–H groups in total. The summed E-state index contributed by atoms with van der Waals surface area (Å²) < 4.78 is 0. The second-order valence-corrected chi connectivity index (χ2v) is 5.53. The van der Waals surface area contributed by atoms with E-state index in [0.717, 1.165) is 23.7 Å². The lowest BCUT2D eigenvalue weighted by molar-refractivity contribution is 0.327. The van der Waals surface area contributed by atoms with Crippen LogP contribution in [-0.2, 0) is 0 Å². The van der Waals surface area contributed by atoms with E-state index in [1.54, 1.807) is 0 Å². The van der Waals surface area contributed by atoms with Crippen molar-refractivity contribution in [2.75, 3.05) is 0 Å². The summed E-state index contributed by atoms with van der Waals surface area (Å²) in [5.41, 5.74) is 0.